The summed E-state index contributed by atoms with van der Waals surface area (Å²) in [6.45, 7) is 6.60. The van der Waals surface area contributed by atoms with Gasteiger partial charge in [0.25, 0.3) is 5.91 Å². The van der Waals surface area contributed by atoms with Crippen molar-refractivity contribution in [2.75, 3.05) is 18.4 Å². The maximum Gasteiger partial charge on any atom is 0.391 e. The molecule has 1 aliphatic carbocycles. The highest BCUT2D eigenvalue weighted by molar-refractivity contribution is 7.16. The van der Waals surface area contributed by atoms with Gasteiger partial charge in [-0.05, 0) is 49.0 Å². The average molecular weight is 522 g/mol. The highest BCUT2D eigenvalue weighted by Crippen LogP contribution is 2.44. The molecular formula is C25H30F3N5O2S. The van der Waals surface area contributed by atoms with Crippen LogP contribution in [0.2, 0.25) is 0 Å². The van der Waals surface area contributed by atoms with Gasteiger partial charge in [0.2, 0.25) is 5.91 Å². The van der Waals surface area contributed by atoms with Crippen molar-refractivity contribution in [1.82, 2.24) is 14.5 Å². The van der Waals surface area contributed by atoms with E-state index in [1.165, 1.54) is 33.3 Å². The van der Waals surface area contributed by atoms with E-state index in [2.05, 4.69) is 37.1 Å². The first kappa shape index (κ1) is 26.2. The van der Waals surface area contributed by atoms with Gasteiger partial charge in [-0.3, -0.25) is 9.59 Å². The van der Waals surface area contributed by atoms with Crippen molar-refractivity contribution in [3.8, 4) is 6.07 Å². The fourth-order valence-electron chi connectivity index (χ4n) is 4.99. The minimum absolute atomic E-state index is 0.0202. The third-order valence-electron chi connectivity index (χ3n) is 7.28. The quantitative estimate of drug-likeness (QED) is 0.612. The van der Waals surface area contributed by atoms with E-state index < -0.39 is 18.0 Å². The number of carbonyl (C=O) groups is 2. The zero-order chi connectivity index (χ0) is 26.3. The SMILES string of the molecule is CC(C)(C)C1CCc2c(sc(NC(=O)Cn3cnc(C(=O)N4CCC(C(F)(F)F)CC4)c3)c2C#N)C1. The molecule has 1 fully saturated rings. The van der Waals surface area contributed by atoms with Gasteiger partial charge in [0.15, 0.2) is 0 Å². The lowest BCUT2D eigenvalue weighted by molar-refractivity contribution is -0.183. The third kappa shape index (κ3) is 5.59. The Balaban J connectivity index is 1.37. The van der Waals surface area contributed by atoms with E-state index in [0.29, 0.717) is 16.5 Å². The maximum atomic E-state index is 12.9. The number of nitrogens with one attached hydrogen (secondary N) is 1. The average Bonchev–Trinajstić information content (AvgIpc) is 3.40. The van der Waals surface area contributed by atoms with E-state index in [4.69, 9.17) is 0 Å². The smallest absolute Gasteiger partial charge is 0.337 e. The minimum Gasteiger partial charge on any atom is -0.337 e. The number of hydrogen-bond donors (Lipinski definition) is 1. The Morgan fingerprint density at radius 3 is 2.50 bits per heavy atom. The fourth-order valence-corrected chi connectivity index (χ4v) is 6.29. The zero-order valence-corrected chi connectivity index (χ0v) is 21.4. The van der Waals surface area contributed by atoms with Gasteiger partial charge >= 0.3 is 6.18 Å². The number of amides is 2. The Hall–Kier alpha value is -2.87. The summed E-state index contributed by atoms with van der Waals surface area (Å²) in [5.74, 6) is -1.66. The van der Waals surface area contributed by atoms with Crippen molar-refractivity contribution >= 4 is 28.2 Å². The fraction of sp³-hybridized carbons (Fsp3) is 0.600. The van der Waals surface area contributed by atoms with Crippen LogP contribution in [0.25, 0.3) is 0 Å². The first-order chi connectivity index (χ1) is 16.9. The molecule has 36 heavy (non-hydrogen) atoms. The van der Waals surface area contributed by atoms with Crippen molar-refractivity contribution in [2.24, 2.45) is 17.3 Å². The number of halogens is 3. The second kappa shape index (κ2) is 9.88. The number of nitriles is 1. The van der Waals surface area contributed by atoms with E-state index >= 15 is 0 Å². The molecule has 11 heteroatoms. The van der Waals surface area contributed by atoms with Gasteiger partial charge in [0.1, 0.15) is 23.3 Å². The van der Waals surface area contributed by atoms with E-state index in [0.717, 1.165) is 29.7 Å². The number of fused-ring (bicyclic) bond motifs is 1. The number of hydrogen-bond acceptors (Lipinski definition) is 5. The monoisotopic (exact) mass is 521 g/mol. The molecule has 194 valence electrons. The van der Waals surface area contributed by atoms with Gasteiger partial charge in [0.05, 0.1) is 17.8 Å². The molecular weight excluding hydrogens is 491 g/mol. The predicted molar refractivity (Wildman–Crippen MR) is 130 cm³/mol. The van der Waals surface area contributed by atoms with Crippen molar-refractivity contribution < 1.29 is 22.8 Å². The van der Waals surface area contributed by atoms with Gasteiger partial charge in [-0.1, -0.05) is 20.8 Å². The lowest BCUT2D eigenvalue weighted by Crippen LogP contribution is -2.42. The Kier molecular flexibility index (Phi) is 7.19. The zero-order valence-electron chi connectivity index (χ0n) is 20.6. The molecule has 3 heterocycles. The number of thiophene rings is 1. The van der Waals surface area contributed by atoms with Crippen LogP contribution >= 0.6 is 11.3 Å². The van der Waals surface area contributed by atoms with E-state index in [-0.39, 0.29) is 49.5 Å². The van der Waals surface area contributed by atoms with Crippen LogP contribution in [-0.2, 0) is 24.2 Å². The largest absolute Gasteiger partial charge is 0.391 e. The number of likely N-dealkylation sites (tertiary alicyclic amines) is 1. The maximum absolute atomic E-state index is 12.9. The van der Waals surface area contributed by atoms with Gasteiger partial charge < -0.3 is 14.8 Å². The summed E-state index contributed by atoms with van der Waals surface area (Å²) < 4.78 is 40.1. The summed E-state index contributed by atoms with van der Waals surface area (Å²) in [7, 11) is 0. The van der Waals surface area contributed by atoms with Crippen LogP contribution in [0.4, 0.5) is 18.2 Å². The summed E-state index contributed by atoms with van der Waals surface area (Å²) in [5, 5.41) is 13.1. The molecule has 4 rings (SSSR count). The number of imidazole rings is 1. The molecule has 2 aliphatic rings. The van der Waals surface area contributed by atoms with E-state index in [1.54, 1.807) is 0 Å². The van der Waals surface area contributed by atoms with Crippen molar-refractivity contribution in [2.45, 2.75) is 65.6 Å². The minimum atomic E-state index is -4.24. The summed E-state index contributed by atoms with van der Waals surface area (Å²) in [5.41, 5.74) is 1.82. The lowest BCUT2D eigenvalue weighted by atomic mass is 9.72. The molecule has 0 aromatic carbocycles. The molecule has 1 unspecified atom stereocenters. The van der Waals surface area contributed by atoms with Crippen LogP contribution < -0.4 is 5.32 Å². The van der Waals surface area contributed by atoms with Crippen LogP contribution in [0.3, 0.4) is 0 Å². The highest BCUT2D eigenvalue weighted by atomic mass is 32.1. The van der Waals surface area contributed by atoms with E-state index in [9.17, 15) is 28.0 Å². The predicted octanol–water partition coefficient (Wildman–Crippen LogP) is 5.02. The molecule has 0 bridgehead atoms. The lowest BCUT2D eigenvalue weighted by Gasteiger charge is -2.33. The summed E-state index contributed by atoms with van der Waals surface area (Å²) >= 11 is 1.46. The van der Waals surface area contributed by atoms with Gasteiger partial charge in [-0.25, -0.2) is 4.98 Å². The van der Waals surface area contributed by atoms with Crippen LogP contribution in [-0.4, -0.2) is 45.5 Å². The van der Waals surface area contributed by atoms with E-state index in [1.807, 2.05) is 0 Å². The van der Waals surface area contributed by atoms with Crippen LogP contribution in [0.15, 0.2) is 12.5 Å². The number of rotatable bonds is 4. The standard InChI is InChI=1S/C25H30F3N5O2S/c1-24(2,3)16-4-5-17-18(11-29)22(36-20(17)10-16)31-21(34)13-32-12-19(30-14-32)23(35)33-8-6-15(7-9-33)25(26,27)28/h12,14-16H,4-10,13H2,1-3H3,(H,31,34). The molecule has 2 aromatic rings. The van der Waals surface area contributed by atoms with Gasteiger partial charge in [0, 0.05) is 24.2 Å². The Bertz CT molecular complexity index is 1180. The van der Waals surface area contributed by atoms with Crippen LogP contribution in [0, 0.1) is 28.6 Å². The Morgan fingerprint density at radius 1 is 1.19 bits per heavy atom. The molecule has 2 amide bonds. The summed E-state index contributed by atoms with van der Waals surface area (Å²) in [4.78, 5) is 32.0. The first-order valence-corrected chi connectivity index (χ1v) is 12.9. The number of aromatic nitrogens is 2. The number of piperidine rings is 1. The Labute approximate surface area is 212 Å². The van der Waals surface area contributed by atoms with Gasteiger partial charge in [-0.15, -0.1) is 11.3 Å². The number of carbonyl (C=O) groups excluding carboxylic acids is 2. The second-order valence-corrected chi connectivity index (χ2v) is 11.8. The van der Waals surface area contributed by atoms with Crippen molar-refractivity contribution in [1.29, 1.82) is 5.26 Å². The van der Waals surface area contributed by atoms with Crippen molar-refractivity contribution in [3.05, 3.63) is 34.2 Å². The first-order valence-electron chi connectivity index (χ1n) is 12.1. The van der Waals surface area contributed by atoms with Crippen LogP contribution in [0.1, 0.15) is 66.5 Å². The third-order valence-corrected chi connectivity index (χ3v) is 8.45. The second-order valence-electron chi connectivity index (χ2n) is 10.7. The van der Waals surface area contributed by atoms with Crippen LogP contribution in [0.5, 0.6) is 0 Å². The van der Waals surface area contributed by atoms with Gasteiger partial charge in [-0.2, -0.15) is 18.4 Å². The number of anilines is 1. The molecule has 1 atom stereocenters. The molecule has 0 saturated carbocycles. The molecule has 7 nitrogen and oxygen atoms in total. The number of nitrogens with zero attached hydrogens (tertiary/aromatic N) is 4. The molecule has 1 saturated heterocycles. The number of alkyl halides is 3. The summed E-state index contributed by atoms with van der Waals surface area (Å²) in [6.07, 6.45) is 1.01. The molecule has 1 N–H and O–H groups in total. The normalized spacial score (nSPS) is 19.0. The topological polar surface area (TPSA) is 91.0 Å². The molecule has 0 radical (unpaired) electrons. The molecule has 2 aromatic heterocycles. The molecule has 0 spiro atoms. The Morgan fingerprint density at radius 2 is 1.89 bits per heavy atom. The van der Waals surface area contributed by atoms with Crippen molar-refractivity contribution in [3.63, 3.8) is 0 Å². The molecule has 1 aliphatic heterocycles. The summed E-state index contributed by atoms with van der Waals surface area (Å²) in [6, 6.07) is 2.25. The highest BCUT2D eigenvalue weighted by Gasteiger charge is 2.42.